The first kappa shape index (κ1) is 20.4. The zero-order valence-electron chi connectivity index (χ0n) is 17.6. The van der Waals surface area contributed by atoms with Crippen LogP contribution >= 0.6 is 22.9 Å². The fourth-order valence-corrected chi connectivity index (χ4v) is 4.97. The van der Waals surface area contributed by atoms with Crippen LogP contribution in [-0.2, 0) is 13.0 Å². The van der Waals surface area contributed by atoms with E-state index in [9.17, 15) is 0 Å². The van der Waals surface area contributed by atoms with Crippen LogP contribution in [0, 0.1) is 18.3 Å². The number of halogens is 1. The van der Waals surface area contributed by atoms with E-state index in [2.05, 4.69) is 33.8 Å². The van der Waals surface area contributed by atoms with Crippen molar-refractivity contribution in [2.45, 2.75) is 26.8 Å². The Morgan fingerprint density at radius 2 is 1.81 bits per heavy atom. The number of hydrazone groups is 1. The van der Waals surface area contributed by atoms with E-state index in [0.29, 0.717) is 23.1 Å². The maximum Gasteiger partial charge on any atom is 0.253 e. The quantitative estimate of drug-likeness (QED) is 0.405. The lowest BCUT2D eigenvalue weighted by atomic mass is 10.0. The highest BCUT2D eigenvalue weighted by Crippen LogP contribution is 2.36. The monoisotopic (exact) mass is 458 g/mol. The smallest absolute Gasteiger partial charge is 0.253 e. The first-order valence-electron chi connectivity index (χ1n) is 10.2. The average molecular weight is 459 g/mol. The molecule has 2 aromatic heterocycles. The maximum absolute atomic E-state index is 9.11. The molecule has 0 amide bonds. The lowest BCUT2D eigenvalue weighted by Gasteiger charge is -2.18. The van der Waals surface area contributed by atoms with Gasteiger partial charge in [0, 0.05) is 21.0 Å². The zero-order chi connectivity index (χ0) is 22.2. The molecular formula is C24H19ClN6S. The Balaban J connectivity index is 1.69. The van der Waals surface area contributed by atoms with Gasteiger partial charge in [-0.15, -0.1) is 21.5 Å². The Morgan fingerprint density at radius 3 is 2.50 bits per heavy atom. The van der Waals surface area contributed by atoms with Crippen LogP contribution in [0.5, 0.6) is 0 Å². The number of rotatable bonds is 4. The van der Waals surface area contributed by atoms with Crippen molar-refractivity contribution in [2.75, 3.05) is 5.01 Å². The Morgan fingerprint density at radius 1 is 1.06 bits per heavy atom. The summed E-state index contributed by atoms with van der Waals surface area (Å²) in [5.74, 6) is 1.48. The minimum atomic E-state index is 0.497. The molecule has 0 saturated carbocycles. The third kappa shape index (κ3) is 3.58. The highest BCUT2D eigenvalue weighted by atomic mass is 35.5. The second-order valence-electron chi connectivity index (χ2n) is 7.49. The Bertz CT molecular complexity index is 1360. The minimum absolute atomic E-state index is 0.497. The molecular weight excluding hydrogens is 440 g/mol. The number of hydrogen-bond acceptors (Lipinski definition) is 6. The van der Waals surface area contributed by atoms with Crippen molar-refractivity contribution in [3.8, 4) is 11.1 Å². The zero-order valence-corrected chi connectivity index (χ0v) is 19.2. The van der Waals surface area contributed by atoms with Gasteiger partial charge in [-0.2, -0.15) is 10.4 Å². The maximum atomic E-state index is 9.11. The van der Waals surface area contributed by atoms with E-state index in [-0.39, 0.29) is 0 Å². The van der Waals surface area contributed by atoms with Crippen LogP contribution in [-0.4, -0.2) is 20.5 Å². The summed E-state index contributed by atoms with van der Waals surface area (Å²) in [5, 5.41) is 26.6. The lowest BCUT2D eigenvalue weighted by Crippen LogP contribution is -2.20. The van der Waals surface area contributed by atoms with E-state index in [1.54, 1.807) is 11.3 Å². The van der Waals surface area contributed by atoms with Crippen LogP contribution in [0.1, 0.15) is 39.9 Å². The molecule has 0 spiro atoms. The van der Waals surface area contributed by atoms with E-state index >= 15 is 0 Å². The molecule has 6 nitrogen and oxygen atoms in total. The normalized spacial score (nSPS) is 12.6. The van der Waals surface area contributed by atoms with Crippen molar-refractivity contribution < 1.29 is 0 Å². The summed E-state index contributed by atoms with van der Waals surface area (Å²) in [4.78, 5) is 1.27. The molecule has 0 bridgehead atoms. The average Bonchev–Trinajstić information content (AvgIpc) is 3.38. The van der Waals surface area contributed by atoms with Crippen LogP contribution in [0.2, 0.25) is 5.02 Å². The Kier molecular flexibility index (Phi) is 5.25. The van der Waals surface area contributed by atoms with Crippen LogP contribution in [0.3, 0.4) is 0 Å². The molecule has 1 aliphatic heterocycles. The number of hydrogen-bond donors (Lipinski definition) is 0. The van der Waals surface area contributed by atoms with Gasteiger partial charge in [-0.1, -0.05) is 42.8 Å². The van der Waals surface area contributed by atoms with Crippen molar-refractivity contribution in [2.24, 2.45) is 5.10 Å². The Hall–Kier alpha value is -3.47. The predicted octanol–water partition coefficient (Wildman–Crippen LogP) is 5.50. The summed E-state index contributed by atoms with van der Waals surface area (Å²) in [6, 6.07) is 19.6. The van der Waals surface area contributed by atoms with Crippen molar-refractivity contribution in [1.82, 2.24) is 14.8 Å². The molecule has 0 N–H and O–H groups in total. The van der Waals surface area contributed by atoms with Crippen molar-refractivity contribution in [1.29, 1.82) is 5.26 Å². The van der Waals surface area contributed by atoms with Gasteiger partial charge >= 0.3 is 0 Å². The third-order valence-corrected chi connectivity index (χ3v) is 6.88. The fraction of sp³-hybridized carbons (Fsp3) is 0.167. The van der Waals surface area contributed by atoms with Crippen LogP contribution < -0.4 is 5.01 Å². The summed E-state index contributed by atoms with van der Waals surface area (Å²) in [5.41, 5.74) is 4.56. The van der Waals surface area contributed by atoms with Crippen molar-refractivity contribution in [3.63, 3.8) is 0 Å². The summed E-state index contributed by atoms with van der Waals surface area (Å²) < 4.78 is 2.08. The number of benzene rings is 2. The second kappa shape index (κ2) is 8.23. The number of fused-ring (bicyclic) bond motifs is 3. The van der Waals surface area contributed by atoms with Crippen molar-refractivity contribution >= 4 is 34.6 Å². The number of nitriles is 1. The summed E-state index contributed by atoms with van der Waals surface area (Å²) in [7, 11) is 0. The SMILES string of the molecule is CCc1cc2c(s1)-n1c(C)nnc1N(Cc1ccc(C#N)cc1)N=C2c1ccc(Cl)cc1. The first-order valence-corrected chi connectivity index (χ1v) is 11.4. The van der Waals surface area contributed by atoms with Gasteiger partial charge in [-0.05, 0) is 49.2 Å². The number of anilines is 1. The van der Waals surface area contributed by atoms with E-state index in [1.807, 2.05) is 60.5 Å². The molecule has 158 valence electrons. The number of thiophene rings is 1. The molecule has 0 fully saturated rings. The molecule has 5 rings (SSSR count). The van der Waals surface area contributed by atoms with E-state index in [4.69, 9.17) is 22.0 Å². The lowest BCUT2D eigenvalue weighted by molar-refractivity contribution is 0.798. The molecule has 3 heterocycles. The van der Waals surface area contributed by atoms with E-state index in [0.717, 1.165) is 39.6 Å². The summed E-state index contributed by atoms with van der Waals surface area (Å²) in [6.45, 7) is 4.61. The second-order valence-corrected chi connectivity index (χ2v) is 9.04. The van der Waals surface area contributed by atoms with Crippen LogP contribution in [0.15, 0.2) is 59.7 Å². The Labute approximate surface area is 195 Å². The third-order valence-electron chi connectivity index (χ3n) is 5.36. The molecule has 0 atom stereocenters. The molecule has 4 aromatic rings. The van der Waals surface area contributed by atoms with Gasteiger partial charge < -0.3 is 0 Å². The van der Waals surface area contributed by atoms with Crippen LogP contribution in [0.25, 0.3) is 5.00 Å². The van der Waals surface area contributed by atoms with Gasteiger partial charge in [-0.3, -0.25) is 4.57 Å². The van der Waals surface area contributed by atoms with E-state index < -0.39 is 0 Å². The molecule has 0 aliphatic carbocycles. The van der Waals surface area contributed by atoms with Gasteiger partial charge in [0.05, 0.1) is 18.2 Å². The summed E-state index contributed by atoms with van der Waals surface area (Å²) in [6.07, 6.45) is 0.941. The van der Waals surface area contributed by atoms with Gasteiger partial charge in [-0.25, -0.2) is 5.01 Å². The fourth-order valence-electron chi connectivity index (χ4n) is 3.70. The van der Waals surface area contributed by atoms with Crippen LogP contribution in [0.4, 0.5) is 5.95 Å². The van der Waals surface area contributed by atoms with Gasteiger partial charge in [0.1, 0.15) is 16.5 Å². The van der Waals surface area contributed by atoms with E-state index in [1.165, 1.54) is 4.88 Å². The highest BCUT2D eigenvalue weighted by Gasteiger charge is 2.28. The topological polar surface area (TPSA) is 70.1 Å². The van der Waals surface area contributed by atoms with Gasteiger partial charge in [0.2, 0.25) is 0 Å². The molecule has 0 unspecified atom stereocenters. The number of nitrogens with zero attached hydrogens (tertiary/aromatic N) is 6. The molecule has 8 heteroatoms. The predicted molar refractivity (Wildman–Crippen MR) is 128 cm³/mol. The van der Waals surface area contributed by atoms with Gasteiger partial charge in [0.15, 0.2) is 0 Å². The number of aromatic nitrogens is 3. The van der Waals surface area contributed by atoms with Crippen molar-refractivity contribution in [3.05, 3.63) is 92.6 Å². The standard InChI is InChI=1S/C24H19ClN6S/c1-3-20-12-21-22(18-8-10-19(25)11-9-18)29-30(14-17-6-4-16(13-26)5-7-17)24-28-27-15(2)31(24)23(21)32-20/h4-12H,3,14H2,1-2H3. The molecule has 0 saturated heterocycles. The minimum Gasteiger partial charge on any atom is -0.254 e. The highest BCUT2D eigenvalue weighted by molar-refractivity contribution is 7.15. The first-order chi connectivity index (χ1) is 15.6. The molecule has 2 aromatic carbocycles. The van der Waals surface area contributed by atoms with Gasteiger partial charge in [0.25, 0.3) is 5.95 Å². The summed E-state index contributed by atoms with van der Waals surface area (Å²) >= 11 is 7.89. The molecule has 1 aliphatic rings. The molecule has 0 radical (unpaired) electrons. The largest absolute Gasteiger partial charge is 0.254 e. The molecule has 32 heavy (non-hydrogen) atoms. The number of aryl methyl sites for hydroxylation is 2.